The number of nitrogens with zero attached hydrogens (tertiary/aromatic N) is 1. The number of primary amides is 1. The molecule has 1 atom stereocenters. The maximum Gasteiger partial charge on any atom is 0.316 e. The predicted octanol–water partition coefficient (Wildman–Crippen LogP) is 2.81. The first-order valence-electron chi connectivity index (χ1n) is 7.74. The average Bonchev–Trinajstić information content (AvgIpc) is 2.55. The monoisotopic (exact) mass is 326 g/mol. The first-order chi connectivity index (χ1) is 11.5. The van der Waals surface area contributed by atoms with E-state index in [0.29, 0.717) is 11.4 Å². The van der Waals surface area contributed by atoms with Crippen LogP contribution in [0.1, 0.15) is 18.5 Å². The summed E-state index contributed by atoms with van der Waals surface area (Å²) < 4.78 is 0. The lowest BCUT2D eigenvalue weighted by atomic mass is 10.0. The van der Waals surface area contributed by atoms with E-state index in [-0.39, 0.29) is 5.91 Å². The van der Waals surface area contributed by atoms with Gasteiger partial charge in [0.05, 0.1) is 0 Å². The molecule has 2 aromatic rings. The number of carbonyl (C=O) groups is 2. The SMILES string of the molecule is CCN(C)[C@H](C(=O)Nc1cccc(NC(N)=O)c1)c1ccccc1. The van der Waals surface area contributed by atoms with Crippen LogP contribution in [0, 0.1) is 0 Å². The van der Waals surface area contributed by atoms with Crippen LogP contribution >= 0.6 is 0 Å². The van der Waals surface area contributed by atoms with Crippen LogP contribution in [0.2, 0.25) is 0 Å². The second-order valence-corrected chi connectivity index (χ2v) is 5.45. The summed E-state index contributed by atoms with van der Waals surface area (Å²) in [6.45, 7) is 2.73. The van der Waals surface area contributed by atoms with Crippen molar-refractivity contribution in [2.24, 2.45) is 5.73 Å². The number of likely N-dealkylation sites (N-methyl/N-ethyl adjacent to an activating group) is 1. The van der Waals surface area contributed by atoms with Crippen LogP contribution in [0.15, 0.2) is 54.6 Å². The van der Waals surface area contributed by atoms with Gasteiger partial charge in [0.2, 0.25) is 5.91 Å². The molecule has 0 fully saturated rings. The first kappa shape index (κ1) is 17.5. The molecule has 2 rings (SSSR count). The number of carbonyl (C=O) groups excluding carboxylic acids is 2. The fourth-order valence-electron chi connectivity index (χ4n) is 2.45. The van der Waals surface area contributed by atoms with E-state index in [2.05, 4.69) is 10.6 Å². The molecule has 4 N–H and O–H groups in total. The Hall–Kier alpha value is -2.86. The van der Waals surface area contributed by atoms with Gasteiger partial charge >= 0.3 is 6.03 Å². The number of rotatable bonds is 6. The summed E-state index contributed by atoms with van der Waals surface area (Å²) in [5.74, 6) is -0.137. The Kier molecular flexibility index (Phi) is 5.92. The molecule has 0 radical (unpaired) electrons. The van der Waals surface area contributed by atoms with Crippen molar-refractivity contribution < 1.29 is 9.59 Å². The Balaban J connectivity index is 2.20. The highest BCUT2D eigenvalue weighted by molar-refractivity contribution is 5.96. The average molecular weight is 326 g/mol. The lowest BCUT2D eigenvalue weighted by molar-refractivity contribution is -0.121. The molecule has 0 spiro atoms. The summed E-state index contributed by atoms with van der Waals surface area (Å²) in [7, 11) is 1.91. The van der Waals surface area contributed by atoms with Gasteiger partial charge in [0.25, 0.3) is 0 Å². The zero-order valence-electron chi connectivity index (χ0n) is 13.8. The molecule has 2 aromatic carbocycles. The van der Waals surface area contributed by atoms with Gasteiger partial charge in [-0.15, -0.1) is 0 Å². The lowest BCUT2D eigenvalue weighted by Gasteiger charge is -2.26. The number of nitrogens with two attached hydrogens (primary N) is 1. The number of hydrogen-bond donors (Lipinski definition) is 3. The molecule has 0 aliphatic heterocycles. The molecule has 6 nitrogen and oxygen atoms in total. The molecule has 0 heterocycles. The van der Waals surface area contributed by atoms with E-state index >= 15 is 0 Å². The van der Waals surface area contributed by atoms with Crippen LogP contribution in [-0.2, 0) is 4.79 Å². The third-order valence-electron chi connectivity index (χ3n) is 3.70. The Morgan fingerprint density at radius 3 is 2.25 bits per heavy atom. The van der Waals surface area contributed by atoms with Crippen molar-refractivity contribution in [2.75, 3.05) is 24.2 Å². The van der Waals surface area contributed by atoms with Crippen molar-refractivity contribution in [2.45, 2.75) is 13.0 Å². The standard InChI is InChI=1S/C18H22N4O2/c1-3-22(2)16(13-8-5-4-6-9-13)17(23)20-14-10-7-11-15(12-14)21-18(19)24/h4-12,16H,3H2,1-2H3,(H,20,23)(H3,19,21,24)/t16-/m0/s1. The van der Waals surface area contributed by atoms with Gasteiger partial charge in [0.15, 0.2) is 0 Å². The summed E-state index contributed by atoms with van der Waals surface area (Å²) in [6.07, 6.45) is 0. The van der Waals surface area contributed by atoms with Crippen molar-refractivity contribution >= 4 is 23.3 Å². The number of urea groups is 1. The van der Waals surface area contributed by atoms with E-state index < -0.39 is 12.1 Å². The number of amides is 3. The summed E-state index contributed by atoms with van der Waals surface area (Å²) in [5, 5.41) is 5.39. The van der Waals surface area contributed by atoms with E-state index in [0.717, 1.165) is 12.1 Å². The molecule has 3 amide bonds. The maximum atomic E-state index is 12.8. The van der Waals surface area contributed by atoms with E-state index in [1.54, 1.807) is 24.3 Å². The number of benzene rings is 2. The van der Waals surface area contributed by atoms with Crippen molar-refractivity contribution in [1.82, 2.24) is 4.90 Å². The Morgan fingerprint density at radius 2 is 1.67 bits per heavy atom. The number of anilines is 2. The molecule has 0 unspecified atom stereocenters. The van der Waals surface area contributed by atoms with Crippen LogP contribution in [0.5, 0.6) is 0 Å². The van der Waals surface area contributed by atoms with Crippen LogP contribution in [0.3, 0.4) is 0 Å². The lowest BCUT2D eigenvalue weighted by Crippen LogP contribution is -2.34. The molecule has 0 aromatic heterocycles. The Labute approximate surface area is 141 Å². The van der Waals surface area contributed by atoms with Crippen LogP contribution in [-0.4, -0.2) is 30.4 Å². The first-order valence-corrected chi connectivity index (χ1v) is 7.74. The van der Waals surface area contributed by atoms with Crippen LogP contribution < -0.4 is 16.4 Å². The van der Waals surface area contributed by atoms with Gasteiger partial charge in [-0.2, -0.15) is 0 Å². The fraction of sp³-hybridized carbons (Fsp3) is 0.222. The third kappa shape index (κ3) is 4.57. The van der Waals surface area contributed by atoms with Gasteiger partial charge in [0, 0.05) is 11.4 Å². The summed E-state index contributed by atoms with van der Waals surface area (Å²) in [6, 6.07) is 15.4. The maximum absolute atomic E-state index is 12.8. The molecule has 0 saturated carbocycles. The van der Waals surface area contributed by atoms with Gasteiger partial charge in [0.1, 0.15) is 6.04 Å². The fourth-order valence-corrected chi connectivity index (χ4v) is 2.45. The van der Waals surface area contributed by atoms with Crippen LogP contribution in [0.4, 0.5) is 16.2 Å². The smallest absolute Gasteiger partial charge is 0.316 e. The predicted molar refractivity (Wildman–Crippen MR) is 95.8 cm³/mol. The van der Waals surface area contributed by atoms with Crippen LogP contribution in [0.25, 0.3) is 0 Å². The quantitative estimate of drug-likeness (QED) is 0.763. The zero-order chi connectivity index (χ0) is 17.5. The highest BCUT2D eigenvalue weighted by Gasteiger charge is 2.24. The van der Waals surface area contributed by atoms with Crippen molar-refractivity contribution in [3.63, 3.8) is 0 Å². The van der Waals surface area contributed by atoms with Gasteiger partial charge < -0.3 is 16.4 Å². The minimum Gasteiger partial charge on any atom is -0.351 e. The normalized spacial score (nSPS) is 11.8. The van der Waals surface area contributed by atoms with Gasteiger partial charge in [-0.05, 0) is 37.4 Å². The summed E-state index contributed by atoms with van der Waals surface area (Å²) in [4.78, 5) is 25.7. The third-order valence-corrected chi connectivity index (χ3v) is 3.70. The molecular weight excluding hydrogens is 304 g/mol. The summed E-state index contributed by atoms with van der Waals surface area (Å²) >= 11 is 0. The van der Waals surface area contributed by atoms with E-state index in [4.69, 9.17) is 5.73 Å². The second-order valence-electron chi connectivity index (χ2n) is 5.45. The van der Waals surface area contributed by atoms with E-state index in [1.807, 2.05) is 49.2 Å². The van der Waals surface area contributed by atoms with Crippen molar-refractivity contribution in [3.8, 4) is 0 Å². The van der Waals surface area contributed by atoms with E-state index in [1.165, 1.54) is 0 Å². The van der Waals surface area contributed by atoms with Gasteiger partial charge in [-0.25, -0.2) is 4.79 Å². The Morgan fingerprint density at radius 1 is 1.04 bits per heavy atom. The number of nitrogens with one attached hydrogen (secondary N) is 2. The highest BCUT2D eigenvalue weighted by atomic mass is 16.2. The van der Waals surface area contributed by atoms with Crippen molar-refractivity contribution in [1.29, 1.82) is 0 Å². The molecule has 0 bridgehead atoms. The van der Waals surface area contributed by atoms with Gasteiger partial charge in [-0.3, -0.25) is 9.69 Å². The zero-order valence-corrected chi connectivity index (χ0v) is 13.8. The Bertz CT molecular complexity index is 703. The molecule has 6 heteroatoms. The molecule has 0 aliphatic carbocycles. The molecule has 0 aliphatic rings. The molecule has 126 valence electrons. The molecule has 24 heavy (non-hydrogen) atoms. The summed E-state index contributed by atoms with van der Waals surface area (Å²) in [5.41, 5.74) is 7.16. The minimum absolute atomic E-state index is 0.137. The minimum atomic E-state index is -0.647. The largest absolute Gasteiger partial charge is 0.351 e. The second kappa shape index (κ2) is 8.12. The molecule has 0 saturated heterocycles. The highest BCUT2D eigenvalue weighted by Crippen LogP contribution is 2.22. The number of hydrogen-bond acceptors (Lipinski definition) is 3. The van der Waals surface area contributed by atoms with Gasteiger partial charge in [-0.1, -0.05) is 43.3 Å². The molecular formula is C18H22N4O2. The topological polar surface area (TPSA) is 87.5 Å². The van der Waals surface area contributed by atoms with Crippen molar-refractivity contribution in [3.05, 3.63) is 60.2 Å². The van der Waals surface area contributed by atoms with E-state index in [9.17, 15) is 9.59 Å².